The number of nitrogens with zero attached hydrogens (tertiary/aromatic N) is 1. The Labute approximate surface area is 148 Å². The standard InChI is InChI=1S/C16H25N3O5S/c1-3-17-6-7-18-16(20)14-12-13(4-5-15(14)23-2)25(21,22)19-8-10-24-11-9-19/h4-5,12,17H,3,6-11H2,1-2H3,(H,18,20). The summed E-state index contributed by atoms with van der Waals surface area (Å²) in [6, 6.07) is 4.33. The van der Waals surface area contributed by atoms with Gasteiger partial charge in [0.2, 0.25) is 10.0 Å². The van der Waals surface area contributed by atoms with Crippen molar-refractivity contribution in [3.8, 4) is 5.75 Å². The number of methoxy groups -OCH3 is 1. The molecule has 2 rings (SSSR count). The van der Waals surface area contributed by atoms with E-state index in [9.17, 15) is 13.2 Å². The summed E-state index contributed by atoms with van der Waals surface area (Å²) < 4.78 is 37.3. The molecule has 8 nitrogen and oxygen atoms in total. The molecular formula is C16H25N3O5S. The summed E-state index contributed by atoms with van der Waals surface area (Å²) in [6.45, 7) is 5.21. The first-order chi connectivity index (χ1) is 12.0. The van der Waals surface area contributed by atoms with Crippen molar-refractivity contribution in [3.63, 3.8) is 0 Å². The quantitative estimate of drug-likeness (QED) is 0.627. The number of likely N-dealkylation sites (N-methyl/N-ethyl adjacent to an activating group) is 1. The first kappa shape index (κ1) is 19.6. The van der Waals surface area contributed by atoms with E-state index in [0.717, 1.165) is 6.54 Å². The van der Waals surface area contributed by atoms with Gasteiger partial charge in [-0.15, -0.1) is 0 Å². The fourth-order valence-electron chi connectivity index (χ4n) is 2.50. The van der Waals surface area contributed by atoms with Crippen LogP contribution in [0.5, 0.6) is 5.75 Å². The number of benzene rings is 1. The van der Waals surface area contributed by atoms with Crippen molar-refractivity contribution in [2.24, 2.45) is 0 Å². The fraction of sp³-hybridized carbons (Fsp3) is 0.562. The van der Waals surface area contributed by atoms with E-state index < -0.39 is 10.0 Å². The molecule has 1 fully saturated rings. The smallest absolute Gasteiger partial charge is 0.255 e. The van der Waals surface area contributed by atoms with Crippen LogP contribution >= 0.6 is 0 Å². The molecule has 1 heterocycles. The van der Waals surface area contributed by atoms with E-state index in [2.05, 4.69) is 10.6 Å². The van der Waals surface area contributed by atoms with Crippen LogP contribution in [0.15, 0.2) is 23.1 Å². The summed E-state index contributed by atoms with van der Waals surface area (Å²) in [5.41, 5.74) is 0.202. The van der Waals surface area contributed by atoms with Gasteiger partial charge >= 0.3 is 0 Å². The van der Waals surface area contributed by atoms with E-state index in [0.29, 0.717) is 45.1 Å². The van der Waals surface area contributed by atoms with Crippen LogP contribution in [0.2, 0.25) is 0 Å². The Bertz CT molecular complexity index is 687. The molecule has 0 spiro atoms. The highest BCUT2D eigenvalue weighted by Crippen LogP contribution is 2.25. The average molecular weight is 371 g/mol. The number of hydrogen-bond donors (Lipinski definition) is 2. The van der Waals surface area contributed by atoms with Crippen molar-refractivity contribution in [1.29, 1.82) is 0 Å². The number of carbonyl (C=O) groups is 1. The zero-order valence-corrected chi connectivity index (χ0v) is 15.4. The first-order valence-electron chi connectivity index (χ1n) is 8.25. The summed E-state index contributed by atoms with van der Waals surface area (Å²) in [5, 5.41) is 5.86. The Morgan fingerprint density at radius 3 is 2.64 bits per heavy atom. The Kier molecular flexibility index (Phi) is 7.18. The molecule has 0 atom stereocenters. The lowest BCUT2D eigenvalue weighted by atomic mass is 10.2. The van der Waals surface area contributed by atoms with E-state index in [-0.39, 0.29) is 16.4 Å². The number of hydrogen-bond acceptors (Lipinski definition) is 6. The number of sulfonamides is 1. The minimum Gasteiger partial charge on any atom is -0.496 e. The van der Waals surface area contributed by atoms with E-state index in [4.69, 9.17) is 9.47 Å². The third-order valence-electron chi connectivity index (χ3n) is 3.86. The van der Waals surface area contributed by atoms with Crippen LogP contribution in [-0.2, 0) is 14.8 Å². The maximum Gasteiger partial charge on any atom is 0.255 e. The van der Waals surface area contributed by atoms with E-state index in [1.54, 1.807) is 0 Å². The van der Waals surface area contributed by atoms with Gasteiger partial charge in [0.05, 0.1) is 30.8 Å². The van der Waals surface area contributed by atoms with Gasteiger partial charge in [-0.1, -0.05) is 6.92 Å². The molecule has 0 aromatic heterocycles. The number of amides is 1. The van der Waals surface area contributed by atoms with Crippen LogP contribution in [0.3, 0.4) is 0 Å². The maximum absolute atomic E-state index is 12.7. The van der Waals surface area contributed by atoms with Crippen LogP contribution < -0.4 is 15.4 Å². The summed E-state index contributed by atoms with van der Waals surface area (Å²) in [7, 11) is -2.22. The molecule has 140 valence electrons. The number of carbonyl (C=O) groups excluding carboxylic acids is 1. The summed E-state index contributed by atoms with van der Waals surface area (Å²) in [4.78, 5) is 12.5. The van der Waals surface area contributed by atoms with E-state index in [1.807, 2.05) is 6.92 Å². The number of rotatable bonds is 8. The van der Waals surface area contributed by atoms with Crippen LogP contribution in [0.25, 0.3) is 0 Å². The molecule has 1 aromatic carbocycles. The largest absolute Gasteiger partial charge is 0.496 e. The second-order valence-corrected chi connectivity index (χ2v) is 7.43. The summed E-state index contributed by atoms with van der Waals surface area (Å²) >= 11 is 0. The second kappa shape index (κ2) is 9.14. The Morgan fingerprint density at radius 1 is 1.28 bits per heavy atom. The monoisotopic (exact) mass is 371 g/mol. The third kappa shape index (κ3) is 4.91. The van der Waals surface area contributed by atoms with Gasteiger partial charge in [-0.05, 0) is 24.7 Å². The lowest BCUT2D eigenvalue weighted by molar-refractivity contribution is 0.0730. The molecule has 1 aliphatic rings. The molecule has 0 bridgehead atoms. The molecule has 0 saturated carbocycles. The predicted octanol–water partition coefficient (Wildman–Crippen LogP) is 0.0554. The van der Waals surface area contributed by atoms with Crippen LogP contribution in [-0.4, -0.2) is 71.7 Å². The predicted molar refractivity (Wildman–Crippen MR) is 93.4 cm³/mol. The van der Waals surface area contributed by atoms with Crippen molar-refractivity contribution in [2.45, 2.75) is 11.8 Å². The lowest BCUT2D eigenvalue weighted by Gasteiger charge is -2.26. The van der Waals surface area contributed by atoms with Gasteiger partial charge < -0.3 is 20.1 Å². The van der Waals surface area contributed by atoms with Crippen molar-refractivity contribution in [1.82, 2.24) is 14.9 Å². The molecule has 1 aliphatic heterocycles. The zero-order chi connectivity index (χ0) is 18.3. The highest BCUT2D eigenvalue weighted by molar-refractivity contribution is 7.89. The van der Waals surface area contributed by atoms with Gasteiger partial charge in [-0.25, -0.2) is 8.42 Å². The second-order valence-electron chi connectivity index (χ2n) is 5.49. The molecule has 1 amide bonds. The summed E-state index contributed by atoms with van der Waals surface area (Å²) in [6.07, 6.45) is 0. The molecule has 2 N–H and O–H groups in total. The van der Waals surface area contributed by atoms with E-state index >= 15 is 0 Å². The normalized spacial score (nSPS) is 15.8. The van der Waals surface area contributed by atoms with Crippen molar-refractivity contribution in [2.75, 3.05) is 53.0 Å². The highest BCUT2D eigenvalue weighted by Gasteiger charge is 2.27. The third-order valence-corrected chi connectivity index (χ3v) is 5.76. The van der Waals surface area contributed by atoms with Crippen LogP contribution in [0.4, 0.5) is 0 Å². The van der Waals surface area contributed by atoms with Gasteiger partial charge in [0.15, 0.2) is 0 Å². The van der Waals surface area contributed by atoms with Crippen molar-refractivity contribution < 1.29 is 22.7 Å². The van der Waals surface area contributed by atoms with Gasteiger partial charge in [0.1, 0.15) is 5.75 Å². The lowest BCUT2D eigenvalue weighted by Crippen LogP contribution is -2.40. The number of morpholine rings is 1. The maximum atomic E-state index is 12.7. The minimum absolute atomic E-state index is 0.0760. The minimum atomic E-state index is -3.67. The number of nitrogens with one attached hydrogen (secondary N) is 2. The zero-order valence-electron chi connectivity index (χ0n) is 14.6. The Morgan fingerprint density at radius 2 is 2.00 bits per heavy atom. The van der Waals surface area contributed by atoms with Gasteiger partial charge in [-0.2, -0.15) is 4.31 Å². The topological polar surface area (TPSA) is 97.0 Å². The highest BCUT2D eigenvalue weighted by atomic mass is 32.2. The van der Waals surface area contributed by atoms with E-state index in [1.165, 1.54) is 29.6 Å². The number of ether oxygens (including phenoxy) is 2. The van der Waals surface area contributed by atoms with Gasteiger partial charge in [0, 0.05) is 26.2 Å². The molecule has 0 unspecified atom stereocenters. The first-order valence-corrected chi connectivity index (χ1v) is 9.69. The van der Waals surface area contributed by atoms with Gasteiger partial charge in [-0.3, -0.25) is 4.79 Å². The summed E-state index contributed by atoms with van der Waals surface area (Å²) in [5.74, 6) is -0.0318. The Hall–Kier alpha value is -1.68. The molecule has 9 heteroatoms. The molecule has 0 radical (unpaired) electrons. The van der Waals surface area contributed by atoms with Crippen LogP contribution in [0, 0.1) is 0 Å². The fourth-order valence-corrected chi connectivity index (χ4v) is 3.93. The molecule has 0 aliphatic carbocycles. The molecule has 1 aromatic rings. The SMILES string of the molecule is CCNCCNC(=O)c1cc(S(=O)(=O)N2CCOCC2)ccc1OC. The van der Waals surface area contributed by atoms with Crippen molar-refractivity contribution >= 4 is 15.9 Å². The Balaban J connectivity index is 2.22. The van der Waals surface area contributed by atoms with Crippen molar-refractivity contribution in [3.05, 3.63) is 23.8 Å². The van der Waals surface area contributed by atoms with Gasteiger partial charge in [0.25, 0.3) is 5.91 Å². The molecular weight excluding hydrogens is 346 g/mol. The average Bonchev–Trinajstić information content (AvgIpc) is 2.65. The molecule has 1 saturated heterocycles. The van der Waals surface area contributed by atoms with Crippen LogP contribution in [0.1, 0.15) is 17.3 Å². The molecule has 25 heavy (non-hydrogen) atoms.